The van der Waals surface area contributed by atoms with Gasteiger partial charge < -0.3 is 14.2 Å². The first-order chi connectivity index (χ1) is 12.5. The molecule has 26 heavy (non-hydrogen) atoms. The van der Waals surface area contributed by atoms with Crippen molar-refractivity contribution < 1.29 is 23.8 Å². The molecule has 0 radical (unpaired) electrons. The maximum Gasteiger partial charge on any atom is 0.316 e. The first-order valence-corrected chi connectivity index (χ1v) is 10.4. The predicted molar refractivity (Wildman–Crippen MR) is 102 cm³/mol. The standard InChI is InChI=1S/C21H38O5/c1-6-10-11-12-13-18-17(19(16(5)22)20(23)24-7-2)14-15-21(18,25-8-3)26-9-4/h17-19H,6-15H2,1-5H3. The summed E-state index contributed by atoms with van der Waals surface area (Å²) >= 11 is 0. The van der Waals surface area contributed by atoms with Crippen LogP contribution in [0.15, 0.2) is 0 Å². The number of hydrogen-bond donors (Lipinski definition) is 0. The van der Waals surface area contributed by atoms with E-state index < -0.39 is 17.7 Å². The topological polar surface area (TPSA) is 61.8 Å². The van der Waals surface area contributed by atoms with E-state index in [1.807, 2.05) is 13.8 Å². The molecular formula is C21H38O5. The number of carbonyl (C=O) groups is 2. The van der Waals surface area contributed by atoms with Crippen LogP contribution in [0.4, 0.5) is 0 Å². The quantitative estimate of drug-likeness (QED) is 0.206. The summed E-state index contributed by atoms with van der Waals surface area (Å²) in [5.74, 6) is -1.94. The van der Waals surface area contributed by atoms with Crippen molar-refractivity contribution in [2.45, 2.75) is 85.4 Å². The van der Waals surface area contributed by atoms with Crippen molar-refractivity contribution in [1.29, 1.82) is 0 Å². The Balaban J connectivity index is 3.08. The van der Waals surface area contributed by atoms with E-state index in [-0.39, 0.29) is 17.6 Å². The number of ether oxygens (including phenoxy) is 3. The fraction of sp³-hybridized carbons (Fsp3) is 0.905. The molecule has 152 valence electrons. The van der Waals surface area contributed by atoms with E-state index in [0.29, 0.717) is 19.8 Å². The van der Waals surface area contributed by atoms with E-state index in [2.05, 4.69) is 6.92 Å². The van der Waals surface area contributed by atoms with Crippen molar-refractivity contribution in [3.63, 3.8) is 0 Å². The molecule has 5 heteroatoms. The van der Waals surface area contributed by atoms with Crippen LogP contribution >= 0.6 is 0 Å². The van der Waals surface area contributed by atoms with Crippen molar-refractivity contribution in [1.82, 2.24) is 0 Å². The van der Waals surface area contributed by atoms with Crippen molar-refractivity contribution in [3.05, 3.63) is 0 Å². The van der Waals surface area contributed by atoms with Gasteiger partial charge in [0, 0.05) is 25.6 Å². The number of unbranched alkanes of at least 4 members (excludes halogenated alkanes) is 3. The second kappa shape index (κ2) is 11.7. The van der Waals surface area contributed by atoms with Gasteiger partial charge in [0.2, 0.25) is 0 Å². The highest BCUT2D eigenvalue weighted by Crippen LogP contribution is 2.49. The summed E-state index contributed by atoms with van der Waals surface area (Å²) in [5.41, 5.74) is 0. The zero-order valence-electron chi connectivity index (χ0n) is 17.3. The first-order valence-electron chi connectivity index (χ1n) is 10.4. The van der Waals surface area contributed by atoms with E-state index in [4.69, 9.17) is 14.2 Å². The Hall–Kier alpha value is -0.940. The van der Waals surface area contributed by atoms with Crippen LogP contribution in [0.25, 0.3) is 0 Å². The lowest BCUT2D eigenvalue weighted by Gasteiger charge is -2.38. The SMILES string of the molecule is CCCCCCC1C(C(C(C)=O)C(=O)OCC)CCC1(OCC)OCC. The first kappa shape index (κ1) is 23.1. The average Bonchev–Trinajstić information content (AvgIpc) is 2.91. The fourth-order valence-electron chi connectivity index (χ4n) is 4.47. The third kappa shape index (κ3) is 5.78. The van der Waals surface area contributed by atoms with Crippen LogP contribution in [0.1, 0.15) is 79.6 Å². The Morgan fingerprint density at radius 3 is 2.15 bits per heavy atom. The van der Waals surface area contributed by atoms with E-state index in [1.54, 1.807) is 6.92 Å². The number of Topliss-reactive ketones (excluding diaryl/α,β-unsaturated/α-hetero) is 1. The van der Waals surface area contributed by atoms with Gasteiger partial charge in [0.1, 0.15) is 11.7 Å². The van der Waals surface area contributed by atoms with Gasteiger partial charge in [-0.2, -0.15) is 0 Å². The van der Waals surface area contributed by atoms with E-state index in [1.165, 1.54) is 19.8 Å². The zero-order chi connectivity index (χ0) is 19.6. The monoisotopic (exact) mass is 370 g/mol. The number of carbonyl (C=O) groups excluding carboxylic acids is 2. The Bertz CT molecular complexity index is 428. The molecule has 5 nitrogen and oxygen atoms in total. The van der Waals surface area contributed by atoms with Gasteiger partial charge in [-0.1, -0.05) is 32.6 Å². The second-order valence-corrected chi connectivity index (χ2v) is 7.18. The highest BCUT2D eigenvalue weighted by atomic mass is 16.7. The summed E-state index contributed by atoms with van der Waals surface area (Å²) in [7, 11) is 0. The van der Waals surface area contributed by atoms with Crippen LogP contribution in [0.2, 0.25) is 0 Å². The molecule has 0 aromatic rings. The molecule has 0 heterocycles. The molecule has 1 aliphatic carbocycles. The van der Waals surface area contributed by atoms with Crippen molar-refractivity contribution in [2.75, 3.05) is 19.8 Å². The van der Waals surface area contributed by atoms with Crippen molar-refractivity contribution in [2.24, 2.45) is 17.8 Å². The van der Waals surface area contributed by atoms with Crippen molar-refractivity contribution >= 4 is 11.8 Å². The number of esters is 1. The summed E-state index contributed by atoms with van der Waals surface area (Å²) in [4.78, 5) is 24.8. The highest BCUT2D eigenvalue weighted by Gasteiger charge is 2.54. The number of hydrogen-bond acceptors (Lipinski definition) is 5. The Labute approximate surface area is 159 Å². The van der Waals surface area contributed by atoms with Gasteiger partial charge in [-0.05, 0) is 46.5 Å². The number of rotatable bonds is 13. The van der Waals surface area contributed by atoms with Crippen LogP contribution in [0.5, 0.6) is 0 Å². The molecule has 1 aliphatic rings. The highest BCUT2D eigenvalue weighted by molar-refractivity contribution is 5.98. The summed E-state index contributed by atoms with van der Waals surface area (Å²) in [6, 6.07) is 0. The van der Waals surface area contributed by atoms with Gasteiger partial charge >= 0.3 is 5.97 Å². The van der Waals surface area contributed by atoms with Gasteiger partial charge in [-0.25, -0.2) is 0 Å². The van der Waals surface area contributed by atoms with Crippen LogP contribution in [0.3, 0.4) is 0 Å². The lowest BCUT2D eigenvalue weighted by molar-refractivity contribution is -0.258. The third-order valence-corrected chi connectivity index (χ3v) is 5.46. The summed E-state index contributed by atoms with van der Waals surface area (Å²) in [6.45, 7) is 10.8. The minimum atomic E-state index is -0.714. The minimum absolute atomic E-state index is 0.0394. The van der Waals surface area contributed by atoms with Crippen LogP contribution in [-0.2, 0) is 23.8 Å². The Morgan fingerprint density at radius 2 is 1.65 bits per heavy atom. The molecule has 0 saturated heterocycles. The van der Waals surface area contributed by atoms with Gasteiger partial charge in [0.15, 0.2) is 5.79 Å². The summed E-state index contributed by atoms with van der Waals surface area (Å²) < 4.78 is 17.4. The molecule has 0 spiro atoms. The van der Waals surface area contributed by atoms with Crippen molar-refractivity contribution in [3.8, 4) is 0 Å². The average molecular weight is 371 g/mol. The molecule has 0 bridgehead atoms. The van der Waals surface area contributed by atoms with E-state index >= 15 is 0 Å². The fourth-order valence-corrected chi connectivity index (χ4v) is 4.47. The van der Waals surface area contributed by atoms with Gasteiger partial charge in [-0.3, -0.25) is 9.59 Å². The molecule has 3 unspecified atom stereocenters. The van der Waals surface area contributed by atoms with E-state index in [0.717, 1.165) is 32.1 Å². The van der Waals surface area contributed by atoms with Gasteiger partial charge in [0.05, 0.1) is 6.61 Å². The Kier molecular flexibility index (Phi) is 10.4. The lowest BCUT2D eigenvalue weighted by Crippen LogP contribution is -2.44. The third-order valence-electron chi connectivity index (χ3n) is 5.46. The number of ketones is 1. The molecule has 0 N–H and O–H groups in total. The summed E-state index contributed by atoms with van der Waals surface area (Å²) in [5, 5.41) is 0. The van der Waals surface area contributed by atoms with Gasteiger partial charge in [0.25, 0.3) is 0 Å². The van der Waals surface area contributed by atoms with Crippen LogP contribution in [0, 0.1) is 17.8 Å². The normalized spacial score (nSPS) is 23.0. The molecule has 1 saturated carbocycles. The molecule has 0 amide bonds. The molecule has 1 fully saturated rings. The van der Waals surface area contributed by atoms with E-state index in [9.17, 15) is 9.59 Å². The molecule has 0 aliphatic heterocycles. The van der Waals surface area contributed by atoms with Crippen LogP contribution in [-0.4, -0.2) is 37.4 Å². The molecule has 3 atom stereocenters. The Morgan fingerprint density at radius 1 is 1.00 bits per heavy atom. The summed E-state index contributed by atoms with van der Waals surface area (Å²) in [6.07, 6.45) is 6.97. The van der Waals surface area contributed by atoms with Crippen LogP contribution < -0.4 is 0 Å². The maximum atomic E-state index is 12.5. The maximum absolute atomic E-state index is 12.5. The molecular weight excluding hydrogens is 332 g/mol. The zero-order valence-corrected chi connectivity index (χ0v) is 17.3. The minimum Gasteiger partial charge on any atom is -0.465 e. The smallest absolute Gasteiger partial charge is 0.316 e. The largest absolute Gasteiger partial charge is 0.465 e. The molecule has 1 rings (SSSR count). The lowest BCUT2D eigenvalue weighted by atomic mass is 9.78. The molecule has 0 aromatic heterocycles. The molecule has 0 aromatic carbocycles. The van der Waals surface area contributed by atoms with Gasteiger partial charge in [-0.15, -0.1) is 0 Å². The second-order valence-electron chi connectivity index (χ2n) is 7.18. The predicted octanol–water partition coefficient (Wildman–Crippen LogP) is 4.52.